The van der Waals surface area contributed by atoms with Crippen molar-refractivity contribution in [2.24, 2.45) is 0 Å². The Morgan fingerprint density at radius 2 is 1.95 bits per heavy atom. The maximum atomic E-state index is 12.1. The third-order valence-corrected chi connectivity index (χ3v) is 2.66. The number of anilines is 2. The van der Waals surface area contributed by atoms with E-state index >= 15 is 0 Å². The van der Waals surface area contributed by atoms with E-state index in [1.54, 1.807) is 43.5 Å². The van der Waals surface area contributed by atoms with Gasteiger partial charge in [0, 0.05) is 12.4 Å². The van der Waals surface area contributed by atoms with Crippen LogP contribution in [0, 0.1) is 0 Å². The SMILES string of the molecule is CCOC(=O)CNc1ncccc1NC(=O)c1ccccn1. The Balaban J connectivity index is 2.05. The maximum absolute atomic E-state index is 12.1. The van der Waals surface area contributed by atoms with Crippen LogP contribution in [0.15, 0.2) is 42.7 Å². The summed E-state index contributed by atoms with van der Waals surface area (Å²) in [5.41, 5.74) is 0.755. The Morgan fingerprint density at radius 1 is 1.14 bits per heavy atom. The van der Waals surface area contributed by atoms with Crippen LogP contribution in [0.1, 0.15) is 17.4 Å². The lowest BCUT2D eigenvalue weighted by Crippen LogP contribution is -2.19. The summed E-state index contributed by atoms with van der Waals surface area (Å²) < 4.78 is 4.83. The highest BCUT2D eigenvalue weighted by Gasteiger charge is 2.11. The standard InChI is InChI=1S/C15H16N4O3/c1-2-22-13(20)10-18-14-11(7-5-9-17-14)19-15(21)12-6-3-4-8-16-12/h3-9H,2,10H2,1H3,(H,17,18)(H,19,21). The average Bonchev–Trinajstić information content (AvgIpc) is 2.55. The quantitative estimate of drug-likeness (QED) is 0.789. The number of hydrogen-bond donors (Lipinski definition) is 2. The second-order valence-electron chi connectivity index (χ2n) is 4.23. The molecule has 0 bridgehead atoms. The number of ether oxygens (including phenoxy) is 1. The minimum absolute atomic E-state index is 0.0304. The van der Waals surface area contributed by atoms with Gasteiger partial charge in [0.25, 0.3) is 5.91 Å². The van der Waals surface area contributed by atoms with Gasteiger partial charge in [-0.1, -0.05) is 6.07 Å². The molecule has 0 spiro atoms. The number of nitrogens with zero attached hydrogens (tertiary/aromatic N) is 2. The Labute approximate surface area is 127 Å². The van der Waals surface area contributed by atoms with Crippen molar-refractivity contribution in [1.82, 2.24) is 9.97 Å². The van der Waals surface area contributed by atoms with E-state index < -0.39 is 5.97 Å². The van der Waals surface area contributed by atoms with Crippen molar-refractivity contribution in [3.05, 3.63) is 48.4 Å². The van der Waals surface area contributed by atoms with Crippen LogP contribution < -0.4 is 10.6 Å². The zero-order valence-electron chi connectivity index (χ0n) is 12.1. The molecular weight excluding hydrogens is 284 g/mol. The first-order valence-corrected chi connectivity index (χ1v) is 6.77. The normalized spacial score (nSPS) is 9.86. The van der Waals surface area contributed by atoms with Gasteiger partial charge in [0.15, 0.2) is 0 Å². The summed E-state index contributed by atoms with van der Waals surface area (Å²) >= 11 is 0. The van der Waals surface area contributed by atoms with E-state index in [2.05, 4.69) is 20.6 Å². The molecule has 7 nitrogen and oxygen atoms in total. The number of carbonyl (C=O) groups is 2. The maximum Gasteiger partial charge on any atom is 0.325 e. The van der Waals surface area contributed by atoms with E-state index in [1.165, 1.54) is 6.20 Å². The Bertz CT molecular complexity index is 646. The Hall–Kier alpha value is -2.96. The van der Waals surface area contributed by atoms with Crippen molar-refractivity contribution in [2.75, 3.05) is 23.8 Å². The molecule has 0 saturated heterocycles. The fourth-order valence-corrected chi connectivity index (χ4v) is 1.70. The topological polar surface area (TPSA) is 93.2 Å². The second-order valence-corrected chi connectivity index (χ2v) is 4.23. The largest absolute Gasteiger partial charge is 0.465 e. The van der Waals surface area contributed by atoms with Gasteiger partial charge >= 0.3 is 5.97 Å². The lowest BCUT2D eigenvalue weighted by Gasteiger charge is -2.11. The van der Waals surface area contributed by atoms with Crippen LogP contribution in [-0.2, 0) is 9.53 Å². The predicted molar refractivity (Wildman–Crippen MR) is 81.5 cm³/mol. The molecule has 2 heterocycles. The van der Waals surface area contributed by atoms with Gasteiger partial charge in [-0.25, -0.2) is 4.98 Å². The van der Waals surface area contributed by atoms with Gasteiger partial charge in [0.1, 0.15) is 18.1 Å². The molecule has 114 valence electrons. The molecule has 0 unspecified atom stereocenters. The van der Waals surface area contributed by atoms with Crippen molar-refractivity contribution < 1.29 is 14.3 Å². The molecule has 0 radical (unpaired) electrons. The van der Waals surface area contributed by atoms with E-state index in [1.807, 2.05) is 0 Å². The summed E-state index contributed by atoms with van der Waals surface area (Å²) in [6.07, 6.45) is 3.10. The summed E-state index contributed by atoms with van der Waals surface area (Å²) in [6, 6.07) is 8.43. The molecule has 7 heteroatoms. The first-order valence-electron chi connectivity index (χ1n) is 6.77. The van der Waals surface area contributed by atoms with E-state index in [0.717, 1.165) is 0 Å². The van der Waals surface area contributed by atoms with Gasteiger partial charge in [-0.05, 0) is 31.2 Å². The molecule has 22 heavy (non-hydrogen) atoms. The molecule has 2 aromatic heterocycles. The van der Waals surface area contributed by atoms with Gasteiger partial charge in [-0.3, -0.25) is 14.6 Å². The lowest BCUT2D eigenvalue weighted by atomic mass is 10.3. The fourth-order valence-electron chi connectivity index (χ4n) is 1.70. The molecule has 0 atom stereocenters. The molecule has 0 aliphatic heterocycles. The summed E-state index contributed by atoms with van der Waals surface area (Å²) in [6.45, 7) is 2.01. The van der Waals surface area contributed by atoms with E-state index in [9.17, 15) is 9.59 Å². The average molecular weight is 300 g/mol. The summed E-state index contributed by atoms with van der Waals surface area (Å²) in [5.74, 6) is -0.359. The zero-order valence-corrected chi connectivity index (χ0v) is 12.1. The van der Waals surface area contributed by atoms with Crippen molar-refractivity contribution in [3.63, 3.8) is 0 Å². The van der Waals surface area contributed by atoms with Crippen molar-refractivity contribution in [1.29, 1.82) is 0 Å². The van der Waals surface area contributed by atoms with Gasteiger partial charge in [0.05, 0.1) is 12.3 Å². The first kappa shape index (κ1) is 15.4. The highest BCUT2D eigenvalue weighted by atomic mass is 16.5. The summed E-state index contributed by atoms with van der Waals surface area (Å²) in [5, 5.41) is 5.54. The smallest absolute Gasteiger partial charge is 0.325 e. The number of carbonyl (C=O) groups excluding carboxylic acids is 2. The van der Waals surface area contributed by atoms with Crippen LogP contribution in [0.4, 0.5) is 11.5 Å². The third kappa shape index (κ3) is 4.27. The number of hydrogen-bond acceptors (Lipinski definition) is 6. The van der Waals surface area contributed by atoms with Crippen LogP contribution in [0.2, 0.25) is 0 Å². The molecule has 2 rings (SSSR count). The van der Waals surface area contributed by atoms with Gasteiger partial charge in [-0.15, -0.1) is 0 Å². The van der Waals surface area contributed by atoms with E-state index in [4.69, 9.17) is 4.74 Å². The third-order valence-electron chi connectivity index (χ3n) is 2.66. The van der Waals surface area contributed by atoms with Gasteiger partial charge < -0.3 is 15.4 Å². The number of amides is 1. The predicted octanol–water partition coefficient (Wildman–Crippen LogP) is 1.70. The first-order chi connectivity index (χ1) is 10.7. The lowest BCUT2D eigenvalue weighted by molar-refractivity contribution is -0.140. The molecule has 0 aromatic carbocycles. The Morgan fingerprint density at radius 3 is 2.68 bits per heavy atom. The summed E-state index contributed by atoms with van der Waals surface area (Å²) in [4.78, 5) is 31.5. The minimum Gasteiger partial charge on any atom is -0.465 e. The molecule has 2 N–H and O–H groups in total. The van der Waals surface area contributed by atoms with Crippen LogP contribution >= 0.6 is 0 Å². The van der Waals surface area contributed by atoms with Crippen molar-refractivity contribution >= 4 is 23.4 Å². The monoisotopic (exact) mass is 300 g/mol. The second kappa shape index (κ2) is 7.72. The number of rotatable bonds is 6. The van der Waals surface area contributed by atoms with Crippen molar-refractivity contribution in [2.45, 2.75) is 6.92 Å². The van der Waals surface area contributed by atoms with E-state index in [-0.39, 0.29) is 12.5 Å². The number of aromatic nitrogens is 2. The highest BCUT2D eigenvalue weighted by molar-refractivity contribution is 6.04. The van der Waals surface area contributed by atoms with Gasteiger partial charge in [-0.2, -0.15) is 0 Å². The summed E-state index contributed by atoms with van der Waals surface area (Å²) in [7, 11) is 0. The van der Waals surface area contributed by atoms with Gasteiger partial charge in [0.2, 0.25) is 0 Å². The zero-order chi connectivity index (χ0) is 15.8. The molecule has 2 aromatic rings. The molecule has 0 saturated carbocycles. The van der Waals surface area contributed by atoms with E-state index in [0.29, 0.717) is 23.8 Å². The fraction of sp³-hybridized carbons (Fsp3) is 0.200. The molecule has 0 aliphatic carbocycles. The molecule has 1 amide bonds. The molecule has 0 aliphatic rings. The number of pyridine rings is 2. The Kier molecular flexibility index (Phi) is 5.42. The van der Waals surface area contributed by atoms with Crippen LogP contribution in [0.5, 0.6) is 0 Å². The molecular formula is C15H16N4O3. The minimum atomic E-state index is -0.393. The van der Waals surface area contributed by atoms with Crippen LogP contribution in [0.25, 0.3) is 0 Å². The number of nitrogens with one attached hydrogen (secondary N) is 2. The highest BCUT2D eigenvalue weighted by Crippen LogP contribution is 2.18. The number of esters is 1. The molecule has 0 fully saturated rings. The van der Waals surface area contributed by atoms with Crippen LogP contribution in [-0.4, -0.2) is 35.0 Å². The van der Waals surface area contributed by atoms with Crippen LogP contribution in [0.3, 0.4) is 0 Å². The van der Waals surface area contributed by atoms with Crippen molar-refractivity contribution in [3.8, 4) is 0 Å².